The molecule has 0 spiro atoms. The van der Waals surface area contributed by atoms with Gasteiger partial charge in [0.1, 0.15) is 17.3 Å². The van der Waals surface area contributed by atoms with Crippen molar-refractivity contribution >= 4 is 0 Å². The van der Waals surface area contributed by atoms with Crippen molar-refractivity contribution in [1.29, 1.82) is 0 Å². The summed E-state index contributed by atoms with van der Waals surface area (Å²) in [5, 5.41) is 8.47. The number of hydrogen-bond acceptors (Lipinski definition) is 4. The normalized spacial score (nSPS) is 18.5. The molecule has 1 atom stereocenters. The summed E-state index contributed by atoms with van der Waals surface area (Å²) in [5.74, 6) is 1.32. The number of hydrogen-bond donors (Lipinski definition) is 1. The molecule has 1 aromatic carbocycles. The number of nitrogens with zero attached hydrogens (tertiary/aromatic N) is 5. The summed E-state index contributed by atoms with van der Waals surface area (Å²) < 4.78 is 14.9. The van der Waals surface area contributed by atoms with Gasteiger partial charge in [0, 0.05) is 31.0 Å². The molecule has 0 amide bonds. The number of imidazole rings is 1. The van der Waals surface area contributed by atoms with Crippen LogP contribution in [0.3, 0.4) is 0 Å². The van der Waals surface area contributed by atoms with E-state index < -0.39 is 0 Å². The van der Waals surface area contributed by atoms with Crippen LogP contribution >= 0.6 is 0 Å². The molecule has 25 heavy (non-hydrogen) atoms. The molecule has 2 aromatic heterocycles. The van der Waals surface area contributed by atoms with E-state index in [1.54, 1.807) is 18.3 Å². The van der Waals surface area contributed by atoms with E-state index in [0.717, 1.165) is 43.3 Å². The van der Waals surface area contributed by atoms with Gasteiger partial charge in [-0.25, -0.2) is 9.37 Å². The zero-order chi connectivity index (χ0) is 17.1. The second-order valence-corrected chi connectivity index (χ2v) is 6.61. The summed E-state index contributed by atoms with van der Waals surface area (Å²) in [5.41, 5.74) is 1.67. The number of rotatable bonds is 5. The summed E-state index contributed by atoms with van der Waals surface area (Å²) in [4.78, 5) is 9.91. The summed E-state index contributed by atoms with van der Waals surface area (Å²) >= 11 is 0. The molecule has 3 aromatic rings. The fraction of sp³-hybridized carbons (Fsp3) is 0.389. The molecule has 4 rings (SSSR count). The third-order valence-corrected chi connectivity index (χ3v) is 4.66. The number of likely N-dealkylation sites (tertiary alicyclic amines) is 1. The van der Waals surface area contributed by atoms with Crippen molar-refractivity contribution in [2.75, 3.05) is 13.1 Å². The van der Waals surface area contributed by atoms with Crippen LogP contribution in [0.4, 0.5) is 4.39 Å². The summed E-state index contributed by atoms with van der Waals surface area (Å²) in [6.45, 7) is 3.85. The number of piperidine rings is 1. The molecule has 1 saturated heterocycles. The smallest absolute Gasteiger partial charge is 0.123 e. The standard InChI is InChI=1S/C18H21FN6/c19-16-5-3-15(4-6-16)17-12-25(23-22-17)11-14-2-1-9-24(10-14)13-18-20-7-8-21-18/h3-8,12,14H,1-2,9-11,13H2,(H,20,21). The molecule has 1 N–H and O–H groups in total. The van der Waals surface area contributed by atoms with Gasteiger partial charge in [-0.05, 0) is 49.6 Å². The van der Waals surface area contributed by atoms with Gasteiger partial charge in [0.25, 0.3) is 0 Å². The zero-order valence-electron chi connectivity index (χ0n) is 14.0. The lowest BCUT2D eigenvalue weighted by atomic mass is 9.98. The topological polar surface area (TPSA) is 62.6 Å². The van der Waals surface area contributed by atoms with Crippen molar-refractivity contribution < 1.29 is 4.39 Å². The molecule has 0 aliphatic carbocycles. The fourth-order valence-corrected chi connectivity index (χ4v) is 3.45. The molecular formula is C18H21FN6. The molecule has 0 saturated carbocycles. The number of nitrogens with one attached hydrogen (secondary N) is 1. The largest absolute Gasteiger partial charge is 0.348 e. The molecule has 6 nitrogen and oxygen atoms in total. The lowest BCUT2D eigenvalue weighted by Crippen LogP contribution is -2.36. The molecule has 0 bridgehead atoms. The Kier molecular flexibility index (Phi) is 4.56. The summed E-state index contributed by atoms with van der Waals surface area (Å²) in [7, 11) is 0. The average Bonchev–Trinajstić information content (AvgIpc) is 3.28. The van der Waals surface area contributed by atoms with Gasteiger partial charge >= 0.3 is 0 Å². The maximum Gasteiger partial charge on any atom is 0.123 e. The van der Waals surface area contributed by atoms with Crippen LogP contribution in [0.15, 0.2) is 42.9 Å². The quantitative estimate of drug-likeness (QED) is 0.776. The molecule has 0 radical (unpaired) electrons. The van der Waals surface area contributed by atoms with E-state index in [1.165, 1.54) is 25.0 Å². The average molecular weight is 340 g/mol. The predicted octanol–water partition coefficient (Wildman–Crippen LogP) is 2.72. The first-order chi connectivity index (χ1) is 12.3. The van der Waals surface area contributed by atoms with E-state index in [4.69, 9.17) is 0 Å². The highest BCUT2D eigenvalue weighted by atomic mass is 19.1. The molecule has 3 heterocycles. The Hall–Kier alpha value is -2.54. The van der Waals surface area contributed by atoms with Crippen molar-refractivity contribution in [3.05, 3.63) is 54.5 Å². The maximum absolute atomic E-state index is 13.0. The SMILES string of the molecule is Fc1ccc(-c2cn(CC3CCCN(Cc4ncc[nH]4)C3)nn2)cc1. The third-order valence-electron chi connectivity index (χ3n) is 4.66. The van der Waals surface area contributed by atoms with Crippen LogP contribution in [0.5, 0.6) is 0 Å². The van der Waals surface area contributed by atoms with Crippen LogP contribution in [0, 0.1) is 11.7 Å². The second kappa shape index (κ2) is 7.14. The molecular weight excluding hydrogens is 319 g/mol. The van der Waals surface area contributed by atoms with Crippen molar-refractivity contribution in [3.8, 4) is 11.3 Å². The highest BCUT2D eigenvalue weighted by molar-refractivity contribution is 5.57. The first kappa shape index (κ1) is 16.0. The Labute approximate surface area is 145 Å². The van der Waals surface area contributed by atoms with Crippen LogP contribution in [-0.2, 0) is 13.1 Å². The van der Waals surface area contributed by atoms with Gasteiger partial charge in [0.05, 0.1) is 12.7 Å². The van der Waals surface area contributed by atoms with Crippen molar-refractivity contribution in [3.63, 3.8) is 0 Å². The summed E-state index contributed by atoms with van der Waals surface area (Å²) in [6, 6.07) is 6.36. The highest BCUT2D eigenvalue weighted by Crippen LogP contribution is 2.21. The van der Waals surface area contributed by atoms with Crippen LogP contribution in [-0.4, -0.2) is 43.0 Å². The Morgan fingerprint density at radius 2 is 2.12 bits per heavy atom. The second-order valence-electron chi connectivity index (χ2n) is 6.61. The Morgan fingerprint density at radius 3 is 2.92 bits per heavy atom. The fourth-order valence-electron chi connectivity index (χ4n) is 3.45. The van der Waals surface area contributed by atoms with Crippen LogP contribution in [0.25, 0.3) is 11.3 Å². The molecule has 1 fully saturated rings. The minimum Gasteiger partial charge on any atom is -0.348 e. The van der Waals surface area contributed by atoms with E-state index in [0.29, 0.717) is 5.92 Å². The zero-order valence-corrected chi connectivity index (χ0v) is 14.0. The number of halogens is 1. The number of aromatic amines is 1. The molecule has 1 unspecified atom stereocenters. The van der Waals surface area contributed by atoms with E-state index in [1.807, 2.05) is 17.1 Å². The molecule has 130 valence electrons. The lowest BCUT2D eigenvalue weighted by molar-refractivity contribution is 0.150. The van der Waals surface area contributed by atoms with Gasteiger partial charge in [0.2, 0.25) is 0 Å². The lowest BCUT2D eigenvalue weighted by Gasteiger charge is -2.31. The van der Waals surface area contributed by atoms with E-state index in [9.17, 15) is 4.39 Å². The van der Waals surface area contributed by atoms with Gasteiger partial charge in [-0.3, -0.25) is 9.58 Å². The molecule has 1 aliphatic rings. The Morgan fingerprint density at radius 1 is 1.24 bits per heavy atom. The van der Waals surface area contributed by atoms with Gasteiger partial charge in [-0.1, -0.05) is 5.21 Å². The van der Waals surface area contributed by atoms with Crippen molar-refractivity contribution in [2.24, 2.45) is 5.92 Å². The minimum atomic E-state index is -0.241. The monoisotopic (exact) mass is 340 g/mol. The van der Waals surface area contributed by atoms with Crippen LogP contribution < -0.4 is 0 Å². The molecule has 1 aliphatic heterocycles. The first-order valence-corrected chi connectivity index (χ1v) is 8.63. The highest BCUT2D eigenvalue weighted by Gasteiger charge is 2.21. The number of H-pyrrole nitrogens is 1. The van der Waals surface area contributed by atoms with E-state index in [-0.39, 0.29) is 5.82 Å². The Balaban J connectivity index is 1.37. The van der Waals surface area contributed by atoms with Crippen molar-refractivity contribution in [1.82, 2.24) is 29.9 Å². The summed E-state index contributed by atoms with van der Waals surface area (Å²) in [6.07, 6.45) is 7.98. The van der Waals surface area contributed by atoms with Gasteiger partial charge in [-0.15, -0.1) is 5.10 Å². The Bertz CT molecular complexity index is 795. The van der Waals surface area contributed by atoms with Crippen LogP contribution in [0.2, 0.25) is 0 Å². The third kappa shape index (κ3) is 3.93. The van der Waals surface area contributed by atoms with E-state index in [2.05, 4.69) is 25.2 Å². The maximum atomic E-state index is 13.0. The minimum absolute atomic E-state index is 0.241. The molecule has 7 heteroatoms. The van der Waals surface area contributed by atoms with Crippen molar-refractivity contribution in [2.45, 2.75) is 25.9 Å². The number of benzene rings is 1. The predicted molar refractivity (Wildman–Crippen MR) is 92.0 cm³/mol. The van der Waals surface area contributed by atoms with Gasteiger partial charge in [-0.2, -0.15) is 0 Å². The van der Waals surface area contributed by atoms with Gasteiger partial charge < -0.3 is 4.98 Å². The van der Waals surface area contributed by atoms with Crippen LogP contribution in [0.1, 0.15) is 18.7 Å². The van der Waals surface area contributed by atoms with Gasteiger partial charge in [0.15, 0.2) is 0 Å². The van der Waals surface area contributed by atoms with E-state index >= 15 is 0 Å². The number of aromatic nitrogens is 5. The first-order valence-electron chi connectivity index (χ1n) is 8.63.